The predicted octanol–water partition coefficient (Wildman–Crippen LogP) is 6.83. The Balaban J connectivity index is 1.59. The van der Waals surface area contributed by atoms with E-state index in [0.717, 1.165) is 71.2 Å². The van der Waals surface area contributed by atoms with Gasteiger partial charge in [-0.15, -0.1) is 0 Å². The first-order valence-corrected chi connectivity index (χ1v) is 10.2. The molecule has 3 aromatic carbocycles. The molecule has 0 saturated carbocycles. The van der Waals surface area contributed by atoms with E-state index in [2.05, 4.69) is 38.6 Å². The van der Waals surface area contributed by atoms with E-state index in [0.29, 0.717) is 0 Å². The number of rotatable bonds is 0. The Kier molecular flexibility index (Phi) is 2.60. The topological polar surface area (TPSA) is 56.5 Å². The van der Waals surface area contributed by atoms with Crippen molar-refractivity contribution in [2.75, 3.05) is 0 Å². The van der Waals surface area contributed by atoms with Crippen LogP contribution in [0.1, 0.15) is 0 Å². The molecular weight excluding hydrogens is 386 g/mol. The Bertz CT molecular complexity index is 2010. The van der Waals surface area contributed by atoms with Gasteiger partial charge in [0, 0.05) is 74.6 Å². The lowest BCUT2D eigenvalue weighted by Crippen LogP contribution is -1.91. The minimum atomic E-state index is 0.821. The number of pyridine rings is 2. The number of fused-ring (bicyclic) bond motifs is 12. The fraction of sp³-hybridized carbons (Fsp3) is 0. The first kappa shape index (κ1) is 15.5. The second-order valence-corrected chi connectivity index (χ2v) is 7.95. The fourth-order valence-corrected chi connectivity index (χ4v) is 4.95. The molecule has 5 heteroatoms. The van der Waals surface area contributed by atoms with Crippen LogP contribution in [-0.4, -0.2) is 14.4 Å². The summed E-state index contributed by atoms with van der Waals surface area (Å²) in [5, 5.41) is 7.68. The summed E-state index contributed by atoms with van der Waals surface area (Å²) in [4.78, 5) is 8.95. The third kappa shape index (κ3) is 1.86. The van der Waals surface area contributed by atoms with Crippen LogP contribution in [-0.2, 0) is 0 Å². The van der Waals surface area contributed by atoms with Gasteiger partial charge in [0.05, 0.1) is 5.52 Å². The highest BCUT2D eigenvalue weighted by molar-refractivity contribution is 6.20. The van der Waals surface area contributed by atoms with Crippen LogP contribution in [0.5, 0.6) is 0 Å². The standard InChI is InChI=1S/C26H13N3O2/c1-2-4-22-14(3-1)17-10-19-18-9-16-20-13-27-6-5-15(20)26-28-7-8-29(26)21(16)11-23(18)31-25(19)12-24(17)30-22/h1-13H. The molecule has 0 radical (unpaired) electrons. The van der Waals surface area contributed by atoms with Gasteiger partial charge in [-0.05, 0) is 24.3 Å². The Labute approximate surface area is 174 Å². The molecule has 5 heterocycles. The maximum Gasteiger partial charge on any atom is 0.145 e. The second-order valence-electron chi connectivity index (χ2n) is 7.95. The molecule has 0 saturated heterocycles. The third-order valence-corrected chi connectivity index (χ3v) is 6.34. The molecule has 8 rings (SSSR count). The molecule has 0 fully saturated rings. The number of para-hydroxylation sites is 1. The maximum atomic E-state index is 6.29. The van der Waals surface area contributed by atoms with Gasteiger partial charge in [-0.25, -0.2) is 4.98 Å². The number of nitrogens with zero attached hydrogens (tertiary/aromatic N) is 3. The maximum absolute atomic E-state index is 6.29. The summed E-state index contributed by atoms with van der Waals surface area (Å²) in [5.74, 6) is 0. The molecule has 0 bridgehead atoms. The summed E-state index contributed by atoms with van der Waals surface area (Å²) in [7, 11) is 0. The van der Waals surface area contributed by atoms with Crippen molar-refractivity contribution in [1.29, 1.82) is 0 Å². The van der Waals surface area contributed by atoms with Crippen molar-refractivity contribution in [3.63, 3.8) is 0 Å². The van der Waals surface area contributed by atoms with Crippen LogP contribution in [0.2, 0.25) is 0 Å². The molecule has 0 N–H and O–H groups in total. The third-order valence-electron chi connectivity index (χ3n) is 6.34. The zero-order valence-corrected chi connectivity index (χ0v) is 16.2. The molecule has 5 aromatic heterocycles. The Morgan fingerprint density at radius 3 is 2.32 bits per heavy atom. The lowest BCUT2D eigenvalue weighted by molar-refractivity contribution is 0.656. The summed E-state index contributed by atoms with van der Waals surface area (Å²) in [6, 6.07) is 18.7. The highest BCUT2D eigenvalue weighted by Gasteiger charge is 2.16. The molecule has 0 unspecified atom stereocenters. The number of imidazole rings is 1. The van der Waals surface area contributed by atoms with Crippen molar-refractivity contribution < 1.29 is 8.83 Å². The summed E-state index contributed by atoms with van der Waals surface area (Å²) < 4.78 is 14.5. The molecule has 8 aromatic rings. The summed E-state index contributed by atoms with van der Waals surface area (Å²) in [6.45, 7) is 0. The van der Waals surface area contributed by atoms with Crippen LogP contribution in [0, 0.1) is 0 Å². The first-order chi connectivity index (χ1) is 15.3. The van der Waals surface area contributed by atoms with Gasteiger partial charge in [-0.3, -0.25) is 9.38 Å². The number of furan rings is 2. The largest absolute Gasteiger partial charge is 0.456 e. The van der Waals surface area contributed by atoms with Gasteiger partial charge in [0.1, 0.15) is 28.0 Å². The van der Waals surface area contributed by atoms with Gasteiger partial charge in [-0.1, -0.05) is 18.2 Å². The van der Waals surface area contributed by atoms with Crippen LogP contribution in [0.4, 0.5) is 0 Å². The van der Waals surface area contributed by atoms with E-state index in [1.807, 2.05) is 55.1 Å². The molecule has 0 amide bonds. The van der Waals surface area contributed by atoms with Crippen LogP contribution in [0.25, 0.3) is 71.2 Å². The van der Waals surface area contributed by atoms with Gasteiger partial charge < -0.3 is 8.83 Å². The summed E-state index contributed by atoms with van der Waals surface area (Å²) in [6.07, 6.45) is 7.56. The number of benzene rings is 3. The van der Waals surface area contributed by atoms with Gasteiger partial charge in [0.15, 0.2) is 0 Å². The zero-order valence-electron chi connectivity index (χ0n) is 16.2. The molecule has 144 valence electrons. The van der Waals surface area contributed by atoms with Crippen molar-refractivity contribution in [2.45, 2.75) is 0 Å². The minimum absolute atomic E-state index is 0.821. The molecule has 0 aliphatic heterocycles. The molecule has 0 aliphatic rings. The molecule has 0 aliphatic carbocycles. The monoisotopic (exact) mass is 399 g/mol. The highest BCUT2D eigenvalue weighted by Crippen LogP contribution is 2.39. The Hall–Kier alpha value is -4.38. The molecule has 0 atom stereocenters. The molecule has 0 spiro atoms. The van der Waals surface area contributed by atoms with Crippen LogP contribution >= 0.6 is 0 Å². The summed E-state index contributed by atoms with van der Waals surface area (Å²) >= 11 is 0. The van der Waals surface area contributed by atoms with Crippen molar-refractivity contribution in [3.8, 4) is 0 Å². The van der Waals surface area contributed by atoms with Crippen molar-refractivity contribution >= 4 is 71.2 Å². The fourth-order valence-electron chi connectivity index (χ4n) is 4.95. The average molecular weight is 399 g/mol. The quantitative estimate of drug-likeness (QED) is 0.262. The Morgan fingerprint density at radius 2 is 1.39 bits per heavy atom. The van der Waals surface area contributed by atoms with Gasteiger partial charge in [0.25, 0.3) is 0 Å². The normalized spacial score (nSPS) is 12.5. The zero-order chi connectivity index (χ0) is 20.1. The molecule has 5 nitrogen and oxygen atoms in total. The van der Waals surface area contributed by atoms with Gasteiger partial charge >= 0.3 is 0 Å². The molecule has 31 heavy (non-hydrogen) atoms. The first-order valence-electron chi connectivity index (χ1n) is 10.2. The van der Waals surface area contributed by atoms with E-state index >= 15 is 0 Å². The smallest absolute Gasteiger partial charge is 0.145 e. The van der Waals surface area contributed by atoms with E-state index in [9.17, 15) is 0 Å². The summed E-state index contributed by atoms with van der Waals surface area (Å²) in [5.41, 5.74) is 5.36. The minimum Gasteiger partial charge on any atom is -0.456 e. The van der Waals surface area contributed by atoms with E-state index in [-0.39, 0.29) is 0 Å². The second kappa shape index (κ2) is 5.21. The number of aromatic nitrogens is 3. The van der Waals surface area contributed by atoms with E-state index in [1.165, 1.54) is 0 Å². The number of hydrogen-bond acceptors (Lipinski definition) is 4. The van der Waals surface area contributed by atoms with Crippen molar-refractivity contribution in [3.05, 3.63) is 79.4 Å². The van der Waals surface area contributed by atoms with Gasteiger partial charge in [-0.2, -0.15) is 0 Å². The average Bonchev–Trinajstić information content (AvgIpc) is 3.51. The van der Waals surface area contributed by atoms with Crippen molar-refractivity contribution in [2.24, 2.45) is 0 Å². The molecular formula is C26H13N3O2. The Morgan fingerprint density at radius 1 is 0.613 bits per heavy atom. The van der Waals surface area contributed by atoms with Crippen molar-refractivity contribution in [1.82, 2.24) is 14.4 Å². The lowest BCUT2D eigenvalue weighted by Gasteiger charge is -2.07. The van der Waals surface area contributed by atoms with Gasteiger partial charge in [0.2, 0.25) is 0 Å². The SMILES string of the molecule is c1ccc2c(c1)oc1cc3oc4cc5c(cc4c3cc12)c1cnccc1c1nccn51. The predicted molar refractivity (Wildman–Crippen MR) is 123 cm³/mol. The lowest BCUT2D eigenvalue weighted by atomic mass is 10.0. The van der Waals surface area contributed by atoms with Crippen LogP contribution in [0.15, 0.2) is 88.2 Å². The van der Waals surface area contributed by atoms with E-state index in [4.69, 9.17) is 8.83 Å². The van der Waals surface area contributed by atoms with E-state index < -0.39 is 0 Å². The number of hydrogen-bond donors (Lipinski definition) is 0. The van der Waals surface area contributed by atoms with E-state index in [1.54, 1.807) is 0 Å². The van der Waals surface area contributed by atoms with Crippen LogP contribution in [0.3, 0.4) is 0 Å². The van der Waals surface area contributed by atoms with Crippen LogP contribution < -0.4 is 0 Å². The highest BCUT2D eigenvalue weighted by atomic mass is 16.3.